The maximum absolute atomic E-state index is 11.7. The van der Waals surface area contributed by atoms with E-state index in [1.54, 1.807) is 36.4 Å². The molecule has 2 rings (SSSR count). The van der Waals surface area contributed by atoms with Gasteiger partial charge in [0.2, 0.25) is 0 Å². The first-order valence-electron chi connectivity index (χ1n) is 5.88. The van der Waals surface area contributed by atoms with Crippen molar-refractivity contribution in [3.63, 3.8) is 0 Å². The van der Waals surface area contributed by atoms with Gasteiger partial charge in [-0.15, -0.1) is 0 Å². The molecule has 1 amide bonds. The van der Waals surface area contributed by atoms with Gasteiger partial charge in [-0.2, -0.15) is 15.6 Å². The Morgan fingerprint density at radius 2 is 2.00 bits per heavy atom. The normalized spacial score (nSPS) is 13.2. The van der Waals surface area contributed by atoms with Gasteiger partial charge >= 0.3 is 0 Å². The Bertz CT molecular complexity index is 657. The number of nitrogens with one attached hydrogen (secondary N) is 1. The van der Waals surface area contributed by atoms with Crippen molar-refractivity contribution in [1.82, 2.24) is 0 Å². The number of hydrogen-bond donors (Lipinski definition) is 1. The molecule has 0 bridgehead atoms. The van der Waals surface area contributed by atoms with Gasteiger partial charge in [0.05, 0.1) is 12.1 Å². The minimum absolute atomic E-state index is 0.0102. The lowest BCUT2D eigenvalue weighted by atomic mass is 10.2. The largest absolute Gasteiger partial charge is 0.360 e. The van der Waals surface area contributed by atoms with Gasteiger partial charge in [-0.05, 0) is 31.2 Å². The standard InChI is InChI=1S/C14H11N5O/c1-10-6-14(20)19(18-10)13-4-2-12(3-5-13)17-9-11(7-15)8-16/h2-5,9,17H,6H2,1H3. The molecule has 98 valence electrons. The summed E-state index contributed by atoms with van der Waals surface area (Å²) in [5.41, 5.74) is 2.17. The van der Waals surface area contributed by atoms with Crippen molar-refractivity contribution in [2.24, 2.45) is 5.10 Å². The molecule has 0 aliphatic carbocycles. The predicted molar refractivity (Wildman–Crippen MR) is 74.6 cm³/mol. The lowest BCUT2D eigenvalue weighted by Crippen LogP contribution is -2.19. The number of hydrazone groups is 1. The lowest BCUT2D eigenvalue weighted by Gasteiger charge is -2.12. The molecule has 0 saturated carbocycles. The molecule has 6 heteroatoms. The van der Waals surface area contributed by atoms with Gasteiger partial charge in [0.1, 0.15) is 17.7 Å². The van der Waals surface area contributed by atoms with Crippen LogP contribution in [0.25, 0.3) is 0 Å². The van der Waals surface area contributed by atoms with Gasteiger partial charge in [0.25, 0.3) is 5.91 Å². The number of hydrogen-bond acceptors (Lipinski definition) is 5. The Kier molecular flexibility index (Phi) is 3.78. The molecule has 1 aromatic carbocycles. The molecule has 6 nitrogen and oxygen atoms in total. The average Bonchev–Trinajstić information content (AvgIpc) is 2.79. The molecule has 1 N–H and O–H groups in total. The van der Waals surface area contributed by atoms with Crippen LogP contribution in [0.3, 0.4) is 0 Å². The van der Waals surface area contributed by atoms with Crippen molar-refractivity contribution in [3.8, 4) is 12.1 Å². The van der Waals surface area contributed by atoms with E-state index >= 15 is 0 Å². The number of benzene rings is 1. The van der Waals surface area contributed by atoms with Crippen LogP contribution in [0.2, 0.25) is 0 Å². The number of nitrogens with zero attached hydrogens (tertiary/aromatic N) is 4. The topological polar surface area (TPSA) is 92.3 Å². The molecule has 0 radical (unpaired) electrons. The van der Waals surface area contributed by atoms with Crippen LogP contribution in [-0.2, 0) is 4.79 Å². The summed E-state index contributed by atoms with van der Waals surface area (Å²) in [6.45, 7) is 1.81. The summed E-state index contributed by atoms with van der Waals surface area (Å²) in [5.74, 6) is -0.0562. The maximum Gasteiger partial charge on any atom is 0.253 e. The number of carbonyl (C=O) groups is 1. The number of allylic oxidation sites excluding steroid dienone is 1. The van der Waals surface area contributed by atoms with Crippen molar-refractivity contribution in [3.05, 3.63) is 36.0 Å². The zero-order chi connectivity index (χ0) is 14.5. The van der Waals surface area contributed by atoms with E-state index in [1.165, 1.54) is 11.2 Å². The van der Waals surface area contributed by atoms with Crippen LogP contribution in [0.5, 0.6) is 0 Å². The van der Waals surface area contributed by atoms with Gasteiger partial charge in [0.15, 0.2) is 0 Å². The summed E-state index contributed by atoms with van der Waals surface area (Å²) in [6.07, 6.45) is 1.68. The maximum atomic E-state index is 11.7. The molecule has 1 aromatic rings. The van der Waals surface area contributed by atoms with Crippen LogP contribution in [0.1, 0.15) is 13.3 Å². The monoisotopic (exact) mass is 265 g/mol. The lowest BCUT2D eigenvalue weighted by molar-refractivity contribution is -0.116. The Balaban J connectivity index is 2.12. The second-order valence-electron chi connectivity index (χ2n) is 4.19. The van der Waals surface area contributed by atoms with Crippen LogP contribution in [-0.4, -0.2) is 11.6 Å². The van der Waals surface area contributed by atoms with Crippen LogP contribution < -0.4 is 10.3 Å². The predicted octanol–water partition coefficient (Wildman–Crippen LogP) is 2.14. The number of rotatable bonds is 3. The molecule has 0 saturated heterocycles. The number of carbonyl (C=O) groups excluding carboxylic acids is 1. The van der Waals surface area contributed by atoms with E-state index in [4.69, 9.17) is 10.5 Å². The molecule has 0 spiro atoms. The van der Waals surface area contributed by atoms with Crippen molar-refractivity contribution in [1.29, 1.82) is 10.5 Å². The fraction of sp³-hybridized carbons (Fsp3) is 0.143. The molecule has 1 aliphatic heterocycles. The third kappa shape index (κ3) is 2.82. The molecule has 20 heavy (non-hydrogen) atoms. The van der Waals surface area contributed by atoms with Crippen molar-refractivity contribution < 1.29 is 4.79 Å². The second-order valence-corrected chi connectivity index (χ2v) is 4.19. The van der Waals surface area contributed by atoms with E-state index in [0.717, 1.165) is 5.71 Å². The number of nitriles is 2. The van der Waals surface area contributed by atoms with E-state index in [1.807, 2.05) is 6.92 Å². The van der Waals surface area contributed by atoms with Crippen LogP contribution in [0, 0.1) is 22.7 Å². The summed E-state index contributed by atoms with van der Waals surface area (Å²) >= 11 is 0. The zero-order valence-corrected chi connectivity index (χ0v) is 10.8. The van der Waals surface area contributed by atoms with Gasteiger partial charge < -0.3 is 5.32 Å². The first-order valence-corrected chi connectivity index (χ1v) is 5.88. The van der Waals surface area contributed by atoms with Gasteiger partial charge in [-0.1, -0.05) is 0 Å². The molecule has 1 heterocycles. The Morgan fingerprint density at radius 3 is 2.50 bits per heavy atom. The smallest absolute Gasteiger partial charge is 0.253 e. The molecular weight excluding hydrogens is 254 g/mol. The minimum atomic E-state index is -0.0562. The van der Waals surface area contributed by atoms with E-state index in [9.17, 15) is 4.79 Å². The van der Waals surface area contributed by atoms with E-state index in [-0.39, 0.29) is 11.5 Å². The Labute approximate surface area is 116 Å². The molecule has 0 unspecified atom stereocenters. The van der Waals surface area contributed by atoms with Gasteiger partial charge in [-0.3, -0.25) is 4.79 Å². The SMILES string of the molecule is CC1=NN(c2ccc(NC=C(C#N)C#N)cc2)C(=O)C1. The van der Waals surface area contributed by atoms with E-state index in [2.05, 4.69) is 10.4 Å². The molecule has 1 aliphatic rings. The van der Waals surface area contributed by atoms with Crippen molar-refractivity contribution >= 4 is 23.0 Å². The number of anilines is 2. The average molecular weight is 265 g/mol. The Hall–Kier alpha value is -3.12. The van der Waals surface area contributed by atoms with Crippen LogP contribution >= 0.6 is 0 Å². The highest BCUT2D eigenvalue weighted by molar-refractivity contribution is 6.12. The Morgan fingerprint density at radius 1 is 1.35 bits per heavy atom. The summed E-state index contributed by atoms with van der Waals surface area (Å²) < 4.78 is 0. The highest BCUT2D eigenvalue weighted by atomic mass is 16.2. The van der Waals surface area contributed by atoms with Gasteiger partial charge in [0, 0.05) is 17.6 Å². The summed E-state index contributed by atoms with van der Waals surface area (Å²) in [4.78, 5) is 11.7. The third-order valence-corrected chi connectivity index (χ3v) is 2.65. The molecular formula is C14H11N5O. The zero-order valence-electron chi connectivity index (χ0n) is 10.8. The number of amides is 1. The minimum Gasteiger partial charge on any atom is -0.360 e. The molecule has 0 atom stereocenters. The first-order chi connectivity index (χ1) is 9.63. The van der Waals surface area contributed by atoms with E-state index < -0.39 is 0 Å². The third-order valence-electron chi connectivity index (χ3n) is 2.65. The quantitative estimate of drug-likeness (QED) is 0.847. The molecule has 0 aromatic heterocycles. The second kappa shape index (κ2) is 5.68. The highest BCUT2D eigenvalue weighted by Crippen LogP contribution is 2.22. The summed E-state index contributed by atoms with van der Waals surface area (Å²) in [7, 11) is 0. The highest BCUT2D eigenvalue weighted by Gasteiger charge is 2.22. The van der Waals surface area contributed by atoms with E-state index in [0.29, 0.717) is 17.8 Å². The van der Waals surface area contributed by atoms with Crippen LogP contribution in [0.4, 0.5) is 11.4 Å². The first kappa shape index (κ1) is 13.3. The van der Waals surface area contributed by atoms with Gasteiger partial charge in [-0.25, -0.2) is 5.01 Å². The fourth-order valence-electron chi connectivity index (χ4n) is 1.70. The van der Waals surface area contributed by atoms with Crippen molar-refractivity contribution in [2.75, 3.05) is 10.3 Å². The summed E-state index contributed by atoms with van der Waals surface area (Å²) in [5, 5.41) is 25.6. The molecule has 0 fully saturated rings. The van der Waals surface area contributed by atoms with Crippen LogP contribution in [0.15, 0.2) is 41.1 Å². The fourth-order valence-corrected chi connectivity index (χ4v) is 1.70. The summed E-state index contributed by atoms with van der Waals surface area (Å²) in [6, 6.07) is 10.5. The van der Waals surface area contributed by atoms with Crippen molar-refractivity contribution in [2.45, 2.75) is 13.3 Å².